The number of fused-ring (bicyclic) bond motifs is 1. The molecular weight excluding hydrogens is 821 g/mol. The van der Waals surface area contributed by atoms with Crippen molar-refractivity contribution in [3.63, 3.8) is 0 Å². The fourth-order valence-corrected chi connectivity index (χ4v) is 11.3. The Morgan fingerprint density at radius 2 is 1.41 bits per heavy atom. The number of hydrogen-bond acceptors (Lipinski definition) is 12. The fraction of sp³-hybridized carbons (Fsp3) is 0.542. The summed E-state index contributed by atoms with van der Waals surface area (Å²) >= 11 is 0. The molecule has 3 aromatic rings. The molecule has 4 amide bonds. The Morgan fingerprint density at radius 3 is 2.06 bits per heavy atom. The van der Waals surface area contributed by atoms with Crippen molar-refractivity contribution in [2.75, 3.05) is 89.5 Å². The van der Waals surface area contributed by atoms with Gasteiger partial charge in [-0.1, -0.05) is 30.3 Å². The standard InChI is InChI=1S/C48H62N6O8S/c1-4-62-44-30-35(11-15-43(44)61-2)42(32-63(3,59)60)54-47(57)40-13-12-38(31-41(40)48(54)58)53-28-26-52(27-29-53)37-19-24-51(25-20-37)36-17-22-50(23-18-36)21-5-6-33-7-9-34(10-8-33)39-14-16-45(55)49-46(39)56/h7-13,15,30-31,36-37,39,42H,4-6,14,16-29,32H2,1-3H3,(H,49,55,56)/t39?,42-/m1/s1. The van der Waals surface area contributed by atoms with Crippen LogP contribution < -0.4 is 19.7 Å². The molecule has 63 heavy (non-hydrogen) atoms. The highest BCUT2D eigenvalue weighted by Crippen LogP contribution is 2.38. The van der Waals surface area contributed by atoms with Gasteiger partial charge in [0.05, 0.1) is 42.6 Å². The number of benzene rings is 3. The van der Waals surface area contributed by atoms with Crippen LogP contribution in [0, 0.1) is 0 Å². The number of nitrogens with one attached hydrogen (secondary N) is 1. The molecule has 2 atom stereocenters. The van der Waals surface area contributed by atoms with E-state index in [1.807, 2.05) is 13.0 Å². The Balaban J connectivity index is 0.782. The SMILES string of the molecule is CCOc1cc([C@@H](CS(C)(=O)=O)N2C(=O)c3ccc(N4CCN(C5CCN(C6CCN(CCCc7ccc(C8CCC(=O)NC8=O)cc7)CC6)CC5)CC4)cc3C2=O)ccc1OC. The predicted molar refractivity (Wildman–Crippen MR) is 241 cm³/mol. The topological polar surface area (TPSA) is 149 Å². The van der Waals surface area contributed by atoms with Gasteiger partial charge in [-0.05, 0) is 132 Å². The number of piperazine rings is 1. The zero-order chi connectivity index (χ0) is 44.3. The molecule has 0 aliphatic carbocycles. The predicted octanol–water partition coefficient (Wildman–Crippen LogP) is 4.68. The molecule has 3 aromatic carbocycles. The number of methoxy groups -OCH3 is 1. The number of aryl methyl sites for hydroxylation is 1. The van der Waals surface area contributed by atoms with E-state index in [4.69, 9.17) is 9.47 Å². The third-order valence-corrected chi connectivity index (χ3v) is 14.8. The molecule has 5 heterocycles. The highest BCUT2D eigenvalue weighted by molar-refractivity contribution is 7.90. The largest absolute Gasteiger partial charge is 0.493 e. The van der Waals surface area contributed by atoms with Crippen LogP contribution in [0.15, 0.2) is 60.7 Å². The molecule has 0 radical (unpaired) electrons. The van der Waals surface area contributed by atoms with Crippen molar-refractivity contribution in [1.29, 1.82) is 0 Å². The van der Waals surface area contributed by atoms with Crippen molar-refractivity contribution in [2.24, 2.45) is 0 Å². The summed E-state index contributed by atoms with van der Waals surface area (Å²) in [6.07, 6.45) is 8.98. The van der Waals surface area contributed by atoms with Crippen molar-refractivity contribution in [3.05, 3.63) is 88.5 Å². The zero-order valence-corrected chi connectivity index (χ0v) is 37.7. The average Bonchev–Trinajstić information content (AvgIpc) is 3.53. The van der Waals surface area contributed by atoms with Gasteiger partial charge < -0.3 is 24.2 Å². The Labute approximate surface area is 371 Å². The molecule has 14 nitrogen and oxygen atoms in total. The normalized spacial score (nSPS) is 21.7. The number of likely N-dealkylation sites (tertiary alicyclic amines) is 2. The molecule has 8 rings (SSSR count). The minimum atomic E-state index is -3.60. The Kier molecular flexibility index (Phi) is 13.9. The van der Waals surface area contributed by atoms with E-state index in [0.717, 1.165) is 94.2 Å². The lowest BCUT2D eigenvalue weighted by Gasteiger charge is -2.46. The number of imide groups is 2. The van der Waals surface area contributed by atoms with E-state index >= 15 is 0 Å². The highest BCUT2D eigenvalue weighted by Gasteiger charge is 2.43. The summed E-state index contributed by atoms with van der Waals surface area (Å²) in [5.41, 5.74) is 4.22. The van der Waals surface area contributed by atoms with Crippen LogP contribution in [0.25, 0.3) is 0 Å². The lowest BCUT2D eigenvalue weighted by Crippen LogP contribution is -2.55. The Morgan fingerprint density at radius 1 is 0.746 bits per heavy atom. The van der Waals surface area contributed by atoms with E-state index < -0.39 is 33.4 Å². The zero-order valence-electron chi connectivity index (χ0n) is 36.9. The summed E-state index contributed by atoms with van der Waals surface area (Å²) in [7, 11) is -2.08. The molecule has 1 N–H and O–H groups in total. The van der Waals surface area contributed by atoms with Crippen LogP contribution in [0.2, 0.25) is 0 Å². The van der Waals surface area contributed by atoms with E-state index in [-0.39, 0.29) is 23.3 Å². The summed E-state index contributed by atoms with van der Waals surface area (Å²) in [4.78, 5) is 63.0. The number of sulfone groups is 1. The van der Waals surface area contributed by atoms with Gasteiger partial charge in [-0.2, -0.15) is 0 Å². The summed E-state index contributed by atoms with van der Waals surface area (Å²) in [5, 5.41) is 2.46. The number of ether oxygens (including phenoxy) is 2. The average molecular weight is 883 g/mol. The van der Waals surface area contributed by atoms with Gasteiger partial charge in [0, 0.05) is 56.6 Å². The van der Waals surface area contributed by atoms with E-state index in [1.54, 1.807) is 30.3 Å². The molecule has 4 saturated heterocycles. The molecule has 15 heteroatoms. The lowest BCUT2D eigenvalue weighted by molar-refractivity contribution is -0.134. The fourth-order valence-electron chi connectivity index (χ4n) is 10.4. The van der Waals surface area contributed by atoms with Gasteiger partial charge in [-0.3, -0.25) is 34.3 Å². The van der Waals surface area contributed by atoms with Gasteiger partial charge in [0.1, 0.15) is 9.84 Å². The van der Waals surface area contributed by atoms with Gasteiger partial charge in [-0.15, -0.1) is 0 Å². The second kappa shape index (κ2) is 19.5. The van der Waals surface area contributed by atoms with Crippen LogP contribution in [0.4, 0.5) is 5.69 Å². The number of hydrogen-bond donors (Lipinski definition) is 1. The van der Waals surface area contributed by atoms with E-state index in [9.17, 15) is 27.6 Å². The first kappa shape index (κ1) is 44.8. The Bertz CT molecular complexity index is 2260. The van der Waals surface area contributed by atoms with Crippen molar-refractivity contribution < 1.29 is 37.1 Å². The number of piperidine rings is 3. The molecule has 4 fully saturated rings. The molecule has 0 aromatic heterocycles. The minimum Gasteiger partial charge on any atom is -0.493 e. The summed E-state index contributed by atoms with van der Waals surface area (Å²) in [6.45, 7) is 11.3. The molecule has 1 unspecified atom stereocenters. The molecule has 0 saturated carbocycles. The van der Waals surface area contributed by atoms with E-state index in [0.29, 0.717) is 54.2 Å². The molecule has 338 valence electrons. The van der Waals surface area contributed by atoms with Crippen molar-refractivity contribution in [3.8, 4) is 11.5 Å². The number of rotatable bonds is 15. The molecule has 0 bridgehead atoms. The van der Waals surface area contributed by atoms with E-state index in [2.05, 4.69) is 49.2 Å². The van der Waals surface area contributed by atoms with Crippen molar-refractivity contribution in [1.82, 2.24) is 24.9 Å². The number of nitrogens with zero attached hydrogens (tertiary/aromatic N) is 5. The molecule has 0 spiro atoms. The lowest BCUT2D eigenvalue weighted by atomic mass is 9.90. The van der Waals surface area contributed by atoms with Gasteiger partial charge >= 0.3 is 0 Å². The van der Waals surface area contributed by atoms with Crippen LogP contribution in [-0.4, -0.2) is 148 Å². The summed E-state index contributed by atoms with van der Waals surface area (Å²) in [5.74, 6) is -1.13. The van der Waals surface area contributed by atoms with Gasteiger partial charge in [0.15, 0.2) is 11.5 Å². The molecule has 5 aliphatic rings. The first-order valence-electron chi connectivity index (χ1n) is 22.8. The maximum absolute atomic E-state index is 14.1. The summed E-state index contributed by atoms with van der Waals surface area (Å²) in [6, 6.07) is 19.0. The number of carbonyl (C=O) groups is 4. The number of anilines is 1. The monoisotopic (exact) mass is 882 g/mol. The molecule has 5 aliphatic heterocycles. The maximum Gasteiger partial charge on any atom is 0.262 e. The summed E-state index contributed by atoms with van der Waals surface area (Å²) < 4.78 is 36.5. The molecular formula is C48H62N6O8S. The maximum atomic E-state index is 14.1. The highest BCUT2D eigenvalue weighted by atomic mass is 32.2. The van der Waals surface area contributed by atoms with Crippen LogP contribution in [-0.2, 0) is 25.8 Å². The van der Waals surface area contributed by atoms with Crippen LogP contribution >= 0.6 is 0 Å². The van der Waals surface area contributed by atoms with Gasteiger partial charge in [0.2, 0.25) is 11.8 Å². The van der Waals surface area contributed by atoms with Crippen molar-refractivity contribution >= 4 is 39.2 Å². The first-order valence-corrected chi connectivity index (χ1v) is 24.8. The van der Waals surface area contributed by atoms with Crippen LogP contribution in [0.5, 0.6) is 11.5 Å². The smallest absolute Gasteiger partial charge is 0.262 e. The second-order valence-electron chi connectivity index (χ2n) is 17.9. The second-order valence-corrected chi connectivity index (χ2v) is 20.1. The van der Waals surface area contributed by atoms with Crippen molar-refractivity contribution in [2.45, 2.75) is 82.3 Å². The number of carbonyl (C=O) groups excluding carboxylic acids is 4. The quantitative estimate of drug-likeness (QED) is 0.212. The Hall–Kier alpha value is -4.83. The minimum absolute atomic E-state index is 0.179. The van der Waals surface area contributed by atoms with Gasteiger partial charge in [0.25, 0.3) is 11.8 Å². The third-order valence-electron chi connectivity index (χ3n) is 13.9. The van der Waals surface area contributed by atoms with Crippen LogP contribution in [0.1, 0.15) is 101 Å². The van der Waals surface area contributed by atoms with Gasteiger partial charge in [-0.25, -0.2) is 8.42 Å². The third kappa shape index (κ3) is 10.3. The van der Waals surface area contributed by atoms with Crippen LogP contribution in [0.3, 0.4) is 0 Å². The van der Waals surface area contributed by atoms with E-state index in [1.165, 1.54) is 38.4 Å². The number of amides is 4. The first-order chi connectivity index (χ1) is 30.4.